The molecule has 0 aliphatic heterocycles. The molecular formula is C18H19F3O. The SMILES string of the molecule is CCc1ccc(C(C)C)cc1-c1ccc(O)c(C(F)(F)F)c1. The van der Waals surface area contributed by atoms with E-state index in [-0.39, 0.29) is 0 Å². The Morgan fingerprint density at radius 2 is 1.73 bits per heavy atom. The summed E-state index contributed by atoms with van der Waals surface area (Å²) in [6.45, 7) is 6.06. The predicted molar refractivity (Wildman–Crippen MR) is 82.0 cm³/mol. The van der Waals surface area contributed by atoms with Crippen molar-refractivity contribution in [1.29, 1.82) is 0 Å². The lowest BCUT2D eigenvalue weighted by Gasteiger charge is -2.15. The molecule has 0 atom stereocenters. The summed E-state index contributed by atoms with van der Waals surface area (Å²) < 4.78 is 38.9. The molecule has 118 valence electrons. The third-order valence-corrected chi connectivity index (χ3v) is 3.79. The van der Waals surface area contributed by atoms with Gasteiger partial charge in [-0.1, -0.05) is 45.0 Å². The van der Waals surface area contributed by atoms with Crippen molar-refractivity contribution in [3.63, 3.8) is 0 Å². The van der Waals surface area contributed by atoms with Crippen molar-refractivity contribution >= 4 is 0 Å². The zero-order chi connectivity index (χ0) is 16.5. The molecule has 0 heterocycles. The molecule has 4 heteroatoms. The topological polar surface area (TPSA) is 20.2 Å². The second-order valence-electron chi connectivity index (χ2n) is 5.65. The summed E-state index contributed by atoms with van der Waals surface area (Å²) >= 11 is 0. The van der Waals surface area contributed by atoms with E-state index >= 15 is 0 Å². The molecule has 0 unspecified atom stereocenters. The molecular weight excluding hydrogens is 289 g/mol. The van der Waals surface area contributed by atoms with E-state index in [1.807, 2.05) is 39.0 Å². The average Bonchev–Trinajstić information content (AvgIpc) is 2.45. The fourth-order valence-electron chi connectivity index (χ4n) is 2.46. The zero-order valence-electron chi connectivity index (χ0n) is 12.8. The lowest BCUT2D eigenvalue weighted by Crippen LogP contribution is -2.05. The van der Waals surface area contributed by atoms with Gasteiger partial charge >= 0.3 is 6.18 Å². The number of hydrogen-bond donors (Lipinski definition) is 1. The minimum atomic E-state index is -4.57. The van der Waals surface area contributed by atoms with Crippen molar-refractivity contribution in [2.24, 2.45) is 0 Å². The standard InChI is InChI=1S/C18H19F3O/c1-4-12-5-6-13(11(2)3)9-15(12)14-7-8-17(22)16(10-14)18(19,20)21/h5-11,22H,4H2,1-3H3. The van der Waals surface area contributed by atoms with E-state index in [9.17, 15) is 18.3 Å². The molecule has 0 saturated carbocycles. The third-order valence-electron chi connectivity index (χ3n) is 3.79. The van der Waals surface area contributed by atoms with Crippen molar-refractivity contribution in [2.75, 3.05) is 0 Å². The van der Waals surface area contributed by atoms with Crippen LogP contribution in [0.5, 0.6) is 5.75 Å². The number of phenols is 1. The number of benzene rings is 2. The summed E-state index contributed by atoms with van der Waals surface area (Å²) in [5.74, 6) is -0.446. The van der Waals surface area contributed by atoms with Gasteiger partial charge in [-0.25, -0.2) is 0 Å². The van der Waals surface area contributed by atoms with Crippen LogP contribution in [-0.4, -0.2) is 5.11 Å². The van der Waals surface area contributed by atoms with Gasteiger partial charge in [-0.15, -0.1) is 0 Å². The van der Waals surface area contributed by atoms with Gasteiger partial charge in [0.05, 0.1) is 5.56 Å². The van der Waals surface area contributed by atoms with Crippen molar-refractivity contribution < 1.29 is 18.3 Å². The lowest BCUT2D eigenvalue weighted by molar-refractivity contribution is -0.138. The molecule has 0 amide bonds. The summed E-state index contributed by atoms with van der Waals surface area (Å²) in [4.78, 5) is 0. The fraction of sp³-hybridized carbons (Fsp3) is 0.333. The first-order chi connectivity index (χ1) is 10.2. The third kappa shape index (κ3) is 3.26. The van der Waals surface area contributed by atoms with E-state index in [1.54, 1.807) is 0 Å². The molecule has 0 radical (unpaired) electrons. The maximum Gasteiger partial charge on any atom is 0.419 e. The van der Waals surface area contributed by atoms with Crippen LogP contribution in [-0.2, 0) is 12.6 Å². The Bertz CT molecular complexity index is 673. The van der Waals surface area contributed by atoms with E-state index in [4.69, 9.17) is 0 Å². The van der Waals surface area contributed by atoms with Crippen LogP contribution < -0.4 is 0 Å². The van der Waals surface area contributed by atoms with Gasteiger partial charge in [0.15, 0.2) is 0 Å². The molecule has 2 rings (SSSR count). The van der Waals surface area contributed by atoms with Crippen LogP contribution in [0.25, 0.3) is 11.1 Å². The van der Waals surface area contributed by atoms with Crippen molar-refractivity contribution in [3.8, 4) is 16.9 Å². The monoisotopic (exact) mass is 308 g/mol. The van der Waals surface area contributed by atoms with E-state index in [1.165, 1.54) is 6.07 Å². The van der Waals surface area contributed by atoms with Gasteiger partial charge in [-0.05, 0) is 46.7 Å². The number of halogens is 3. The van der Waals surface area contributed by atoms with Crippen molar-refractivity contribution in [3.05, 3.63) is 53.1 Å². The number of rotatable bonds is 3. The van der Waals surface area contributed by atoms with Gasteiger partial charge in [0, 0.05) is 0 Å². The summed E-state index contributed by atoms with van der Waals surface area (Å²) in [6.07, 6.45) is -3.84. The van der Waals surface area contributed by atoms with Crippen LogP contribution in [0, 0.1) is 0 Å². The van der Waals surface area contributed by atoms with Crippen LogP contribution in [0.3, 0.4) is 0 Å². The van der Waals surface area contributed by atoms with Crippen LogP contribution in [0.2, 0.25) is 0 Å². The molecule has 2 aromatic carbocycles. The first-order valence-electron chi connectivity index (χ1n) is 7.27. The number of alkyl halides is 3. The summed E-state index contributed by atoms with van der Waals surface area (Å²) in [7, 11) is 0. The Morgan fingerprint density at radius 1 is 1.05 bits per heavy atom. The molecule has 0 aliphatic carbocycles. The van der Waals surface area contributed by atoms with E-state index in [0.717, 1.165) is 35.2 Å². The summed E-state index contributed by atoms with van der Waals surface area (Å²) in [5.41, 5.74) is 2.34. The number of aromatic hydroxyl groups is 1. The van der Waals surface area contributed by atoms with E-state index < -0.39 is 17.5 Å². The van der Waals surface area contributed by atoms with Crippen LogP contribution >= 0.6 is 0 Å². The molecule has 1 nitrogen and oxygen atoms in total. The van der Waals surface area contributed by atoms with Gasteiger partial charge in [0.1, 0.15) is 5.75 Å². The molecule has 1 N–H and O–H groups in total. The highest BCUT2D eigenvalue weighted by Crippen LogP contribution is 2.39. The van der Waals surface area contributed by atoms with Crippen LogP contribution in [0.4, 0.5) is 13.2 Å². The quantitative estimate of drug-likeness (QED) is 0.764. The second-order valence-corrected chi connectivity index (χ2v) is 5.65. The predicted octanol–water partition coefficient (Wildman–Crippen LogP) is 5.76. The Balaban J connectivity index is 2.63. The van der Waals surface area contributed by atoms with Crippen LogP contribution in [0.15, 0.2) is 36.4 Å². The van der Waals surface area contributed by atoms with Gasteiger partial charge < -0.3 is 5.11 Å². The first kappa shape index (κ1) is 16.4. The Morgan fingerprint density at radius 3 is 2.27 bits per heavy atom. The Labute approximate surface area is 128 Å². The Hall–Kier alpha value is -1.97. The maximum atomic E-state index is 13.0. The van der Waals surface area contributed by atoms with Gasteiger partial charge in [-0.3, -0.25) is 0 Å². The highest BCUT2D eigenvalue weighted by atomic mass is 19.4. The minimum Gasteiger partial charge on any atom is -0.507 e. The molecule has 0 spiro atoms. The first-order valence-corrected chi connectivity index (χ1v) is 7.27. The molecule has 0 aromatic heterocycles. The summed E-state index contributed by atoms with van der Waals surface area (Å²) in [5, 5.41) is 9.47. The van der Waals surface area contributed by atoms with Crippen molar-refractivity contribution in [1.82, 2.24) is 0 Å². The second kappa shape index (κ2) is 6.03. The average molecular weight is 308 g/mol. The molecule has 2 aromatic rings. The van der Waals surface area contributed by atoms with Crippen LogP contribution in [0.1, 0.15) is 43.4 Å². The lowest BCUT2D eigenvalue weighted by atomic mass is 9.91. The zero-order valence-corrected chi connectivity index (χ0v) is 12.8. The van der Waals surface area contributed by atoms with E-state index in [0.29, 0.717) is 11.5 Å². The number of aryl methyl sites for hydroxylation is 1. The summed E-state index contributed by atoms with van der Waals surface area (Å²) in [6, 6.07) is 9.58. The maximum absolute atomic E-state index is 13.0. The molecule has 0 saturated heterocycles. The van der Waals surface area contributed by atoms with Gasteiger partial charge in [-0.2, -0.15) is 13.2 Å². The smallest absolute Gasteiger partial charge is 0.419 e. The van der Waals surface area contributed by atoms with Crippen molar-refractivity contribution in [2.45, 2.75) is 39.3 Å². The largest absolute Gasteiger partial charge is 0.507 e. The number of phenolic OH excluding ortho intramolecular Hbond substituents is 1. The normalized spacial score (nSPS) is 12.0. The number of hydrogen-bond acceptors (Lipinski definition) is 1. The van der Waals surface area contributed by atoms with Gasteiger partial charge in [0.2, 0.25) is 0 Å². The molecule has 22 heavy (non-hydrogen) atoms. The molecule has 0 fully saturated rings. The highest BCUT2D eigenvalue weighted by Gasteiger charge is 2.34. The van der Waals surface area contributed by atoms with E-state index in [2.05, 4.69) is 0 Å². The Kier molecular flexibility index (Phi) is 4.50. The molecule has 0 bridgehead atoms. The highest BCUT2D eigenvalue weighted by molar-refractivity contribution is 5.70. The van der Waals surface area contributed by atoms with Gasteiger partial charge in [0.25, 0.3) is 0 Å². The molecule has 0 aliphatic rings. The fourth-order valence-corrected chi connectivity index (χ4v) is 2.46. The minimum absolute atomic E-state index is 0.295.